The molecule has 1 atom stereocenters. The Morgan fingerprint density at radius 1 is 1.38 bits per heavy atom. The van der Waals surface area contributed by atoms with E-state index in [1.54, 1.807) is 31.2 Å². The average Bonchev–Trinajstić information content (AvgIpc) is 2.81. The van der Waals surface area contributed by atoms with E-state index in [1.165, 1.54) is 6.07 Å². The molecule has 0 aliphatic carbocycles. The molecule has 0 amide bonds. The van der Waals surface area contributed by atoms with E-state index in [4.69, 9.17) is 21.1 Å². The van der Waals surface area contributed by atoms with Gasteiger partial charge in [-0.25, -0.2) is 13.1 Å². The lowest BCUT2D eigenvalue weighted by Crippen LogP contribution is -2.26. The van der Waals surface area contributed by atoms with Crippen LogP contribution in [0.3, 0.4) is 0 Å². The summed E-state index contributed by atoms with van der Waals surface area (Å²) in [5.41, 5.74) is 0.782. The van der Waals surface area contributed by atoms with E-state index in [0.29, 0.717) is 5.02 Å². The number of halogens is 2. The molecule has 0 aliphatic rings. The third kappa shape index (κ3) is 3.87. The van der Waals surface area contributed by atoms with Crippen LogP contribution >= 0.6 is 27.5 Å². The highest BCUT2D eigenvalue weighted by atomic mass is 79.9. The Morgan fingerprint density at radius 2 is 2.00 bits per heavy atom. The molecule has 0 radical (unpaired) electrons. The summed E-state index contributed by atoms with van der Waals surface area (Å²) < 4.78 is 32.3. The van der Waals surface area contributed by atoms with E-state index in [2.05, 4.69) is 20.7 Å². The molecule has 2 rings (SSSR count). The zero-order chi connectivity index (χ0) is 15.6. The van der Waals surface area contributed by atoms with Gasteiger partial charge in [0, 0.05) is 17.1 Å². The number of nitrogens with one attached hydrogen (secondary N) is 1. The van der Waals surface area contributed by atoms with Crippen molar-refractivity contribution in [2.75, 3.05) is 0 Å². The second-order valence-corrected chi connectivity index (χ2v) is 7.24. The number of aliphatic hydroxyl groups is 1. The summed E-state index contributed by atoms with van der Waals surface area (Å²) in [6.07, 6.45) is 0. The van der Waals surface area contributed by atoms with Gasteiger partial charge in [-0.2, -0.15) is 0 Å². The van der Waals surface area contributed by atoms with E-state index in [1.807, 2.05) is 0 Å². The van der Waals surface area contributed by atoms with Gasteiger partial charge < -0.3 is 9.52 Å². The SMILES string of the molecule is CC(NS(=O)(=O)c1cc(CO)oc1Br)c1ccc(Cl)cc1. The third-order valence-corrected chi connectivity index (χ3v) is 5.50. The van der Waals surface area contributed by atoms with Crippen molar-refractivity contribution in [2.45, 2.75) is 24.5 Å². The van der Waals surface area contributed by atoms with E-state index in [-0.39, 0.29) is 21.9 Å². The molecule has 5 nitrogen and oxygen atoms in total. The smallest absolute Gasteiger partial charge is 0.245 e. The van der Waals surface area contributed by atoms with Gasteiger partial charge in [-0.3, -0.25) is 0 Å². The van der Waals surface area contributed by atoms with Crippen LogP contribution < -0.4 is 4.72 Å². The lowest BCUT2D eigenvalue weighted by molar-refractivity contribution is 0.245. The molecule has 114 valence electrons. The quantitative estimate of drug-likeness (QED) is 0.816. The summed E-state index contributed by atoms with van der Waals surface area (Å²) >= 11 is 8.84. The molecule has 1 unspecified atom stereocenters. The van der Waals surface area contributed by atoms with E-state index >= 15 is 0 Å². The lowest BCUT2D eigenvalue weighted by Gasteiger charge is -2.14. The highest BCUT2D eigenvalue weighted by Crippen LogP contribution is 2.27. The molecule has 2 N–H and O–H groups in total. The molecular weight excluding hydrogens is 382 g/mol. The first kappa shape index (κ1) is 16.5. The fourth-order valence-electron chi connectivity index (χ4n) is 1.77. The molecule has 1 aromatic heterocycles. The van der Waals surface area contributed by atoms with Crippen molar-refractivity contribution in [3.05, 3.63) is 51.3 Å². The summed E-state index contributed by atoms with van der Waals surface area (Å²) in [4.78, 5) is -0.0487. The summed E-state index contributed by atoms with van der Waals surface area (Å²) in [7, 11) is -3.77. The van der Waals surface area contributed by atoms with Gasteiger partial charge in [0.05, 0.1) is 0 Å². The fourth-order valence-corrected chi connectivity index (χ4v) is 4.13. The largest absolute Gasteiger partial charge is 0.450 e. The minimum absolute atomic E-state index is 0.0487. The maximum Gasteiger partial charge on any atom is 0.245 e. The zero-order valence-corrected chi connectivity index (χ0v) is 14.2. The molecule has 0 saturated carbocycles. The summed E-state index contributed by atoms with van der Waals surface area (Å²) in [5, 5.41) is 9.57. The van der Waals surface area contributed by atoms with Crippen molar-refractivity contribution >= 4 is 37.6 Å². The molecule has 21 heavy (non-hydrogen) atoms. The Labute approximate surface area is 136 Å². The van der Waals surface area contributed by atoms with E-state index in [9.17, 15) is 8.42 Å². The second kappa shape index (κ2) is 6.50. The molecule has 1 aromatic carbocycles. The first-order valence-electron chi connectivity index (χ1n) is 6.00. The first-order chi connectivity index (χ1) is 9.83. The van der Waals surface area contributed by atoms with Gasteiger partial charge in [-0.1, -0.05) is 23.7 Å². The maximum atomic E-state index is 12.3. The van der Waals surface area contributed by atoms with Crippen LogP contribution in [-0.4, -0.2) is 13.5 Å². The van der Waals surface area contributed by atoms with Gasteiger partial charge in [0.1, 0.15) is 17.3 Å². The van der Waals surface area contributed by atoms with E-state index < -0.39 is 16.1 Å². The molecule has 0 bridgehead atoms. The fraction of sp³-hybridized carbons (Fsp3) is 0.231. The molecule has 8 heteroatoms. The van der Waals surface area contributed by atoms with Gasteiger partial charge in [0.25, 0.3) is 0 Å². The lowest BCUT2D eigenvalue weighted by atomic mass is 10.1. The highest BCUT2D eigenvalue weighted by molar-refractivity contribution is 9.10. The number of hydrogen-bond acceptors (Lipinski definition) is 4. The highest BCUT2D eigenvalue weighted by Gasteiger charge is 2.24. The molecule has 0 saturated heterocycles. The van der Waals surface area contributed by atoms with Crippen LogP contribution in [0.25, 0.3) is 0 Å². The predicted molar refractivity (Wildman–Crippen MR) is 82.5 cm³/mol. The van der Waals surface area contributed by atoms with Crippen LogP contribution in [0, 0.1) is 0 Å². The third-order valence-electron chi connectivity index (χ3n) is 2.85. The summed E-state index contributed by atoms with van der Waals surface area (Å²) in [6, 6.07) is 7.73. The number of hydrogen-bond donors (Lipinski definition) is 2. The van der Waals surface area contributed by atoms with E-state index in [0.717, 1.165) is 5.56 Å². The van der Waals surface area contributed by atoms with Gasteiger partial charge in [0.2, 0.25) is 10.0 Å². The van der Waals surface area contributed by atoms with Crippen LogP contribution in [0.5, 0.6) is 0 Å². The molecule has 0 aliphatic heterocycles. The van der Waals surface area contributed by atoms with Crippen molar-refractivity contribution in [2.24, 2.45) is 0 Å². The van der Waals surface area contributed by atoms with Crippen LogP contribution in [0.1, 0.15) is 24.3 Å². The minimum atomic E-state index is -3.77. The molecule has 1 heterocycles. The average molecular weight is 395 g/mol. The molecule has 0 spiro atoms. The van der Waals surface area contributed by atoms with Crippen LogP contribution in [0.15, 0.2) is 44.3 Å². The maximum absolute atomic E-state index is 12.3. The summed E-state index contributed by atoms with van der Waals surface area (Å²) in [6.45, 7) is 1.35. The Morgan fingerprint density at radius 3 is 2.52 bits per heavy atom. The monoisotopic (exact) mass is 393 g/mol. The number of sulfonamides is 1. The van der Waals surface area contributed by atoms with Crippen molar-refractivity contribution < 1.29 is 17.9 Å². The standard InChI is InChI=1S/C13H13BrClNO4S/c1-8(9-2-4-10(15)5-3-9)16-21(18,19)12-6-11(7-17)20-13(12)14/h2-6,8,16-17H,7H2,1H3. The Kier molecular flexibility index (Phi) is 5.11. The Hall–Kier alpha value is -0.860. The van der Waals surface area contributed by atoms with Crippen LogP contribution in [0.4, 0.5) is 0 Å². The number of rotatable bonds is 5. The molecular formula is C13H13BrClNO4S. The minimum Gasteiger partial charge on any atom is -0.450 e. The van der Waals surface area contributed by atoms with Gasteiger partial charge >= 0.3 is 0 Å². The topological polar surface area (TPSA) is 79.5 Å². The Balaban J connectivity index is 2.24. The van der Waals surface area contributed by atoms with Crippen LogP contribution in [0.2, 0.25) is 5.02 Å². The van der Waals surface area contributed by atoms with Gasteiger partial charge in [-0.15, -0.1) is 0 Å². The molecule has 0 fully saturated rings. The zero-order valence-electron chi connectivity index (χ0n) is 11.0. The van der Waals surface area contributed by atoms with Crippen molar-refractivity contribution in [1.82, 2.24) is 4.72 Å². The van der Waals surface area contributed by atoms with Crippen molar-refractivity contribution in [3.8, 4) is 0 Å². The number of furan rings is 1. The summed E-state index contributed by atoms with van der Waals surface area (Å²) in [5.74, 6) is 0.168. The molecule has 2 aromatic rings. The Bertz CT molecular complexity index is 727. The van der Waals surface area contributed by atoms with Gasteiger partial charge in [0.15, 0.2) is 4.67 Å². The predicted octanol–water partition coefficient (Wildman–Crippen LogP) is 3.23. The van der Waals surface area contributed by atoms with Crippen molar-refractivity contribution in [1.29, 1.82) is 0 Å². The van der Waals surface area contributed by atoms with Gasteiger partial charge in [-0.05, 0) is 40.5 Å². The second-order valence-electron chi connectivity index (χ2n) is 4.40. The number of aliphatic hydroxyl groups excluding tert-OH is 1. The number of benzene rings is 1. The van der Waals surface area contributed by atoms with Crippen LogP contribution in [-0.2, 0) is 16.6 Å². The van der Waals surface area contributed by atoms with Crippen molar-refractivity contribution in [3.63, 3.8) is 0 Å². The first-order valence-corrected chi connectivity index (χ1v) is 8.66. The normalized spacial score (nSPS) is 13.3.